The summed E-state index contributed by atoms with van der Waals surface area (Å²) in [6.45, 7) is 0. The van der Waals surface area contributed by atoms with Gasteiger partial charge in [0.1, 0.15) is 30.0 Å². The van der Waals surface area contributed by atoms with Crippen molar-refractivity contribution in [2.75, 3.05) is 0 Å². The van der Waals surface area contributed by atoms with Gasteiger partial charge >= 0.3 is 0 Å². The predicted octanol–water partition coefficient (Wildman–Crippen LogP) is 8.76. The van der Waals surface area contributed by atoms with Crippen molar-refractivity contribution < 1.29 is 4.74 Å². The molecule has 0 saturated carbocycles. The van der Waals surface area contributed by atoms with E-state index in [-0.39, 0.29) is 42.9 Å². The van der Waals surface area contributed by atoms with Crippen molar-refractivity contribution in [3.63, 3.8) is 0 Å². The van der Waals surface area contributed by atoms with Gasteiger partial charge in [0.05, 0.1) is 18.5 Å². The van der Waals surface area contributed by atoms with Crippen LogP contribution >= 0.6 is 0 Å². The zero-order valence-electron chi connectivity index (χ0n) is 35.3. The fraction of sp³-hybridized carbons (Fsp3) is 0.232. The zero-order chi connectivity index (χ0) is 41.7. The Kier molecular flexibility index (Phi) is 9.98. The first kappa shape index (κ1) is 38.3. The van der Waals surface area contributed by atoms with Crippen molar-refractivity contribution in [3.05, 3.63) is 213 Å². The standard InChI is InChI=1S/C56H52N6O/c1-3-17-37(18-4-1)51-57-53(61-55(59-51)46-26-13-21-35-15-7-9-23-43(35)46)41-31-40(39-29-30-50-48(34-39)45-25-11-12-28-49(45)63-50)32-42(33-41)54-58-52(38-19-5-2-6-20-38)60-56(62-54)47-27-14-22-36-16-8-10-24-44(36)47/h1-5,7-8,10-13,15-19,21-22,24-26,28-34,45,49,51-52,54-56,58-60,62H,6,9,14,20,23,27H2,(H,57,61). The van der Waals surface area contributed by atoms with Crippen LogP contribution in [0.25, 0.3) is 28.9 Å². The molecule has 5 aromatic rings. The van der Waals surface area contributed by atoms with Gasteiger partial charge < -0.3 is 10.1 Å². The van der Waals surface area contributed by atoms with E-state index in [9.17, 15) is 0 Å². The summed E-state index contributed by atoms with van der Waals surface area (Å²) in [7, 11) is 0. The first-order valence-corrected chi connectivity index (χ1v) is 22.9. The number of hydrogen-bond acceptors (Lipinski definition) is 7. The van der Waals surface area contributed by atoms with Gasteiger partial charge in [-0.05, 0) is 135 Å². The molecule has 7 heteroatoms. The van der Waals surface area contributed by atoms with E-state index in [1.807, 2.05) is 0 Å². The molecule has 4 aliphatic carbocycles. The van der Waals surface area contributed by atoms with Gasteiger partial charge in [0, 0.05) is 17.0 Å². The molecule has 7 aliphatic rings. The summed E-state index contributed by atoms with van der Waals surface area (Å²) in [5.41, 5.74) is 13.6. The maximum atomic E-state index is 6.43. The van der Waals surface area contributed by atoms with Gasteiger partial charge in [0.2, 0.25) is 0 Å². The molecular formula is C56H52N6O. The fourth-order valence-corrected chi connectivity index (χ4v) is 10.7. The molecule has 0 spiro atoms. The average molecular weight is 825 g/mol. The van der Waals surface area contributed by atoms with Crippen molar-refractivity contribution in [1.29, 1.82) is 0 Å². The van der Waals surface area contributed by atoms with Crippen molar-refractivity contribution in [1.82, 2.24) is 26.6 Å². The Morgan fingerprint density at radius 1 is 0.587 bits per heavy atom. The van der Waals surface area contributed by atoms with Crippen LogP contribution in [0.1, 0.15) is 95.5 Å². The highest BCUT2D eigenvalue weighted by Crippen LogP contribution is 2.43. The molecule has 312 valence electrons. The van der Waals surface area contributed by atoms with Gasteiger partial charge in [-0.25, -0.2) is 4.99 Å². The van der Waals surface area contributed by atoms with Gasteiger partial charge in [-0.2, -0.15) is 0 Å². The highest BCUT2D eigenvalue weighted by Gasteiger charge is 2.35. The lowest BCUT2D eigenvalue weighted by atomic mass is 9.89. The Bertz CT molecular complexity index is 2920. The van der Waals surface area contributed by atoms with Crippen LogP contribution in [0.3, 0.4) is 0 Å². The molecule has 3 heterocycles. The smallest absolute Gasteiger partial charge is 0.131 e. The summed E-state index contributed by atoms with van der Waals surface area (Å²) in [6.07, 6.45) is 28.0. The van der Waals surface area contributed by atoms with E-state index in [1.165, 1.54) is 49.4 Å². The Morgan fingerprint density at radius 2 is 1.44 bits per heavy atom. The van der Waals surface area contributed by atoms with Crippen LogP contribution in [0.2, 0.25) is 0 Å². The largest absolute Gasteiger partial charge is 0.485 e. The van der Waals surface area contributed by atoms with Crippen LogP contribution in [0, 0.1) is 0 Å². The normalized spacial score (nSPS) is 26.5. The summed E-state index contributed by atoms with van der Waals surface area (Å²) in [4.78, 5) is 5.60. The highest BCUT2D eigenvalue weighted by molar-refractivity contribution is 6.01. The molecule has 1 fully saturated rings. The minimum Gasteiger partial charge on any atom is -0.485 e. The van der Waals surface area contributed by atoms with E-state index < -0.39 is 0 Å². The van der Waals surface area contributed by atoms with E-state index in [1.54, 1.807) is 0 Å². The van der Waals surface area contributed by atoms with E-state index >= 15 is 0 Å². The molecule has 5 aromatic carbocycles. The molecule has 12 rings (SSSR count). The van der Waals surface area contributed by atoms with Crippen LogP contribution in [-0.2, 0) is 6.42 Å². The number of fused-ring (bicyclic) bond motifs is 5. The van der Waals surface area contributed by atoms with Crippen LogP contribution in [0.5, 0.6) is 5.75 Å². The number of ether oxygens (including phenoxy) is 1. The number of hydrogen-bond donors (Lipinski definition) is 5. The highest BCUT2D eigenvalue weighted by atomic mass is 16.5. The molecule has 7 unspecified atom stereocenters. The predicted molar refractivity (Wildman–Crippen MR) is 255 cm³/mol. The molecule has 0 aromatic heterocycles. The molecule has 7 atom stereocenters. The molecule has 0 radical (unpaired) electrons. The van der Waals surface area contributed by atoms with E-state index in [4.69, 9.17) is 9.73 Å². The first-order valence-electron chi connectivity index (χ1n) is 22.9. The number of allylic oxidation sites excluding steroid dienone is 6. The van der Waals surface area contributed by atoms with Gasteiger partial charge in [0.25, 0.3) is 0 Å². The number of nitrogens with zero attached hydrogens (tertiary/aromatic N) is 1. The van der Waals surface area contributed by atoms with Crippen LogP contribution in [-0.4, -0.2) is 24.3 Å². The van der Waals surface area contributed by atoms with E-state index in [0.717, 1.165) is 72.4 Å². The lowest BCUT2D eigenvalue weighted by Gasteiger charge is -2.42. The first-order chi connectivity index (χ1) is 31.2. The second-order valence-corrected chi connectivity index (χ2v) is 17.7. The van der Waals surface area contributed by atoms with Crippen LogP contribution in [0.4, 0.5) is 0 Å². The van der Waals surface area contributed by atoms with Crippen LogP contribution in [0.15, 0.2) is 168 Å². The molecule has 1 saturated heterocycles. The fourth-order valence-electron chi connectivity index (χ4n) is 10.7. The Labute approximate surface area is 369 Å². The molecular weight excluding hydrogens is 773 g/mol. The summed E-state index contributed by atoms with van der Waals surface area (Å²) < 4.78 is 6.43. The summed E-state index contributed by atoms with van der Waals surface area (Å²) >= 11 is 0. The second kappa shape index (κ2) is 16.4. The number of rotatable bonds is 7. The van der Waals surface area contributed by atoms with Crippen molar-refractivity contribution in [3.8, 4) is 16.9 Å². The van der Waals surface area contributed by atoms with Crippen molar-refractivity contribution >= 4 is 23.6 Å². The molecule has 63 heavy (non-hydrogen) atoms. The summed E-state index contributed by atoms with van der Waals surface area (Å²) in [5.74, 6) is 2.03. The van der Waals surface area contributed by atoms with Gasteiger partial charge in [0.15, 0.2) is 0 Å². The average Bonchev–Trinajstić information content (AvgIpc) is 3.74. The number of benzene rings is 5. The summed E-state index contributed by atoms with van der Waals surface area (Å²) in [6, 6.07) is 40.1. The Hall–Kier alpha value is -6.35. The van der Waals surface area contributed by atoms with Gasteiger partial charge in [-0.15, -0.1) is 0 Å². The minimum absolute atomic E-state index is 0.0106. The zero-order valence-corrected chi connectivity index (χ0v) is 35.3. The Balaban J connectivity index is 1.01. The maximum Gasteiger partial charge on any atom is 0.131 e. The third kappa shape index (κ3) is 7.35. The third-order valence-electron chi connectivity index (χ3n) is 13.9. The third-order valence-corrected chi connectivity index (χ3v) is 13.9. The van der Waals surface area contributed by atoms with E-state index in [2.05, 4.69) is 197 Å². The molecule has 0 bridgehead atoms. The number of amidine groups is 1. The monoisotopic (exact) mass is 824 g/mol. The van der Waals surface area contributed by atoms with Gasteiger partial charge in [-0.1, -0.05) is 134 Å². The minimum atomic E-state index is -0.241. The maximum absolute atomic E-state index is 6.43. The molecule has 3 aliphatic heterocycles. The van der Waals surface area contributed by atoms with E-state index in [0.29, 0.717) is 0 Å². The van der Waals surface area contributed by atoms with Crippen LogP contribution < -0.4 is 41.8 Å². The molecule has 5 N–H and O–H groups in total. The van der Waals surface area contributed by atoms with Gasteiger partial charge in [-0.3, -0.25) is 21.3 Å². The van der Waals surface area contributed by atoms with Crippen molar-refractivity contribution in [2.45, 2.75) is 81.4 Å². The SMILES string of the molecule is C1=CCCC(C2NC(C3=c4ccccc4=CCC3)NC(c3cc(C4=NC(c5cccc6c5CCC=C6)NC(c5ccccc5)N4)cc(-c4ccc5c(c4)C4C=CC=CC4O5)c3)N2)=C1. The number of nitrogens with one attached hydrogen (secondary N) is 5. The molecule has 0 amide bonds. The van der Waals surface area contributed by atoms with Crippen molar-refractivity contribution in [2.24, 2.45) is 4.99 Å². The Morgan fingerprint density at radius 3 is 2.38 bits per heavy atom. The quantitative estimate of drug-likeness (QED) is 0.113. The number of aliphatic imine (C=N–C) groups is 1. The lowest BCUT2D eigenvalue weighted by molar-refractivity contribution is 0.248. The molecule has 7 nitrogen and oxygen atoms in total. The summed E-state index contributed by atoms with van der Waals surface area (Å²) in [5, 5.41) is 22.7. The second-order valence-electron chi connectivity index (χ2n) is 17.7. The lowest BCUT2D eigenvalue weighted by Crippen LogP contribution is -2.65. The topological polar surface area (TPSA) is 81.7 Å².